The fourth-order valence-corrected chi connectivity index (χ4v) is 2.28. The first-order valence-corrected chi connectivity index (χ1v) is 7.14. The highest BCUT2D eigenvalue weighted by atomic mass is 31.2. The third-order valence-corrected chi connectivity index (χ3v) is 3.86. The molecular formula is C11H14NO5P. The summed E-state index contributed by atoms with van der Waals surface area (Å²) in [5.41, 5.74) is 0.548. The first-order chi connectivity index (χ1) is 8.38. The van der Waals surface area contributed by atoms with Crippen molar-refractivity contribution in [2.45, 2.75) is 18.9 Å². The molecule has 0 spiro atoms. The van der Waals surface area contributed by atoms with Crippen molar-refractivity contribution in [3.63, 3.8) is 0 Å². The summed E-state index contributed by atoms with van der Waals surface area (Å²) in [5, 5.41) is 11.8. The molecule has 2 rings (SSSR count). The van der Waals surface area contributed by atoms with Gasteiger partial charge in [0.25, 0.3) is 0 Å². The van der Waals surface area contributed by atoms with Crippen molar-refractivity contribution in [1.82, 2.24) is 0 Å². The summed E-state index contributed by atoms with van der Waals surface area (Å²) >= 11 is 0. The van der Waals surface area contributed by atoms with Crippen LogP contribution in [0.4, 0.5) is 5.69 Å². The monoisotopic (exact) mass is 271 g/mol. The van der Waals surface area contributed by atoms with Crippen molar-refractivity contribution in [1.29, 1.82) is 0 Å². The molecule has 1 aliphatic carbocycles. The van der Waals surface area contributed by atoms with Gasteiger partial charge in [0.1, 0.15) is 6.04 Å². The summed E-state index contributed by atoms with van der Waals surface area (Å²) in [5.74, 6) is -0.763. The lowest BCUT2D eigenvalue weighted by Gasteiger charge is -2.15. The van der Waals surface area contributed by atoms with Crippen LogP contribution in [0.3, 0.4) is 0 Å². The number of carboxylic acids is 1. The number of carboxylic acid groups (broad SMARTS) is 1. The number of hydrogen-bond acceptors (Lipinski definition) is 3. The predicted molar refractivity (Wildman–Crippen MR) is 65.9 cm³/mol. The van der Waals surface area contributed by atoms with Gasteiger partial charge < -0.3 is 20.2 Å². The minimum absolute atomic E-state index is 0.0775. The molecule has 0 radical (unpaired) electrons. The Morgan fingerprint density at radius 1 is 1.28 bits per heavy atom. The Bertz CT molecular complexity index is 491. The smallest absolute Gasteiger partial charge is 0.356 e. The average Bonchev–Trinajstić information content (AvgIpc) is 3.08. The Morgan fingerprint density at radius 3 is 2.22 bits per heavy atom. The van der Waals surface area contributed by atoms with E-state index in [1.54, 1.807) is 0 Å². The average molecular weight is 271 g/mol. The number of rotatable bonds is 5. The maximum atomic E-state index is 11.0. The summed E-state index contributed by atoms with van der Waals surface area (Å²) in [7, 11) is -4.24. The van der Waals surface area contributed by atoms with Gasteiger partial charge in [-0.15, -0.1) is 0 Å². The van der Waals surface area contributed by atoms with Crippen molar-refractivity contribution in [2.75, 3.05) is 5.32 Å². The topological polar surface area (TPSA) is 107 Å². The highest BCUT2D eigenvalue weighted by Crippen LogP contribution is 2.35. The summed E-state index contributed by atoms with van der Waals surface area (Å²) in [6.45, 7) is 0. The molecule has 0 amide bonds. The second kappa shape index (κ2) is 4.72. The minimum atomic E-state index is -4.24. The van der Waals surface area contributed by atoms with E-state index in [0.29, 0.717) is 5.69 Å². The van der Waals surface area contributed by atoms with Crippen molar-refractivity contribution in [3.8, 4) is 0 Å². The lowest BCUT2D eigenvalue weighted by Crippen LogP contribution is -2.31. The van der Waals surface area contributed by atoms with Gasteiger partial charge in [-0.3, -0.25) is 4.57 Å². The zero-order valence-electron chi connectivity index (χ0n) is 9.48. The number of anilines is 1. The zero-order chi connectivity index (χ0) is 13.3. The van der Waals surface area contributed by atoms with E-state index in [4.69, 9.17) is 14.9 Å². The summed E-state index contributed by atoms with van der Waals surface area (Å²) in [6, 6.07) is 4.93. The third kappa shape index (κ3) is 3.10. The first kappa shape index (κ1) is 13.1. The van der Waals surface area contributed by atoms with Crippen LogP contribution in [-0.4, -0.2) is 26.9 Å². The van der Waals surface area contributed by atoms with Crippen LogP contribution in [0.2, 0.25) is 0 Å². The van der Waals surface area contributed by atoms with Crippen molar-refractivity contribution < 1.29 is 24.3 Å². The fraction of sp³-hybridized carbons (Fsp3) is 0.364. The molecule has 0 saturated heterocycles. The number of benzene rings is 1. The molecule has 1 aromatic rings. The maximum Gasteiger partial charge on any atom is 0.356 e. The molecule has 98 valence electrons. The molecule has 1 atom stereocenters. The molecule has 4 N–H and O–H groups in total. The van der Waals surface area contributed by atoms with Gasteiger partial charge in [0.05, 0.1) is 5.30 Å². The van der Waals surface area contributed by atoms with Crippen LogP contribution in [0.25, 0.3) is 0 Å². The Labute approximate surface area is 104 Å². The van der Waals surface area contributed by atoms with Gasteiger partial charge in [-0.05, 0) is 43.0 Å². The van der Waals surface area contributed by atoms with Crippen LogP contribution in [0, 0.1) is 5.92 Å². The maximum absolute atomic E-state index is 11.0. The molecule has 18 heavy (non-hydrogen) atoms. The highest BCUT2D eigenvalue weighted by Gasteiger charge is 2.36. The van der Waals surface area contributed by atoms with E-state index in [1.165, 1.54) is 24.3 Å². The van der Waals surface area contributed by atoms with Gasteiger partial charge in [0, 0.05) is 5.69 Å². The van der Waals surface area contributed by atoms with E-state index >= 15 is 0 Å². The van der Waals surface area contributed by atoms with Crippen LogP contribution < -0.4 is 10.6 Å². The SMILES string of the molecule is O=C(O)C(Nc1ccc(P(=O)(O)O)cc1)C1CC1. The van der Waals surface area contributed by atoms with Crippen LogP contribution in [-0.2, 0) is 9.36 Å². The first-order valence-electron chi connectivity index (χ1n) is 5.53. The molecule has 0 heterocycles. The summed E-state index contributed by atoms with van der Waals surface area (Å²) in [6.07, 6.45) is 1.79. The molecule has 1 aliphatic rings. The Kier molecular flexibility index (Phi) is 3.43. The third-order valence-electron chi connectivity index (χ3n) is 2.89. The second-order valence-electron chi connectivity index (χ2n) is 4.39. The lowest BCUT2D eigenvalue weighted by atomic mass is 10.1. The summed E-state index contributed by atoms with van der Waals surface area (Å²) < 4.78 is 11.0. The second-order valence-corrected chi connectivity index (χ2v) is 5.99. The number of hydrogen-bond donors (Lipinski definition) is 4. The van der Waals surface area contributed by atoms with E-state index in [2.05, 4.69) is 5.32 Å². The van der Waals surface area contributed by atoms with Crippen molar-refractivity contribution in [3.05, 3.63) is 24.3 Å². The Morgan fingerprint density at radius 2 is 1.83 bits per heavy atom. The molecule has 1 unspecified atom stereocenters. The predicted octanol–water partition coefficient (Wildman–Crippen LogP) is 0.765. The molecule has 6 nitrogen and oxygen atoms in total. The van der Waals surface area contributed by atoms with Crippen LogP contribution in [0.15, 0.2) is 24.3 Å². The van der Waals surface area contributed by atoms with Gasteiger partial charge >= 0.3 is 13.6 Å². The molecule has 0 aromatic heterocycles. The van der Waals surface area contributed by atoms with Gasteiger partial charge in [0.2, 0.25) is 0 Å². The molecule has 1 fully saturated rings. The van der Waals surface area contributed by atoms with E-state index < -0.39 is 19.6 Å². The van der Waals surface area contributed by atoms with E-state index in [9.17, 15) is 9.36 Å². The molecule has 7 heteroatoms. The van der Waals surface area contributed by atoms with Gasteiger partial charge in [-0.1, -0.05) is 0 Å². The lowest BCUT2D eigenvalue weighted by molar-refractivity contribution is -0.138. The highest BCUT2D eigenvalue weighted by molar-refractivity contribution is 7.60. The number of nitrogens with one attached hydrogen (secondary N) is 1. The van der Waals surface area contributed by atoms with E-state index in [0.717, 1.165) is 12.8 Å². The standard InChI is InChI=1S/C11H14NO5P/c13-11(14)10(7-1-2-7)12-8-3-5-9(6-4-8)18(15,16)17/h3-7,10,12H,1-2H2,(H,13,14)(H2,15,16,17). The molecular weight excluding hydrogens is 257 g/mol. The normalized spacial score (nSPS) is 17.2. The molecule has 0 bridgehead atoms. The minimum Gasteiger partial charge on any atom is -0.480 e. The zero-order valence-corrected chi connectivity index (χ0v) is 10.4. The van der Waals surface area contributed by atoms with Gasteiger partial charge in [-0.2, -0.15) is 0 Å². The summed E-state index contributed by atoms with van der Waals surface area (Å²) in [4.78, 5) is 28.9. The molecule has 1 aromatic carbocycles. The van der Waals surface area contributed by atoms with Gasteiger partial charge in [0.15, 0.2) is 0 Å². The number of carbonyl (C=O) groups is 1. The Balaban J connectivity index is 2.10. The van der Waals surface area contributed by atoms with Crippen LogP contribution >= 0.6 is 7.60 Å². The molecule has 1 saturated carbocycles. The fourth-order valence-electron chi connectivity index (χ4n) is 1.74. The van der Waals surface area contributed by atoms with Crippen molar-refractivity contribution >= 4 is 24.6 Å². The van der Waals surface area contributed by atoms with E-state index in [-0.39, 0.29) is 11.2 Å². The van der Waals surface area contributed by atoms with E-state index in [1.807, 2.05) is 0 Å². The van der Waals surface area contributed by atoms with Gasteiger partial charge in [-0.25, -0.2) is 4.79 Å². The molecule has 0 aliphatic heterocycles. The van der Waals surface area contributed by atoms with Crippen LogP contribution in [0.1, 0.15) is 12.8 Å². The Hall–Kier alpha value is -1.36. The largest absolute Gasteiger partial charge is 0.480 e. The van der Waals surface area contributed by atoms with Crippen LogP contribution in [0.5, 0.6) is 0 Å². The number of aliphatic carboxylic acids is 1. The quantitative estimate of drug-likeness (QED) is 0.589. The van der Waals surface area contributed by atoms with Crippen molar-refractivity contribution in [2.24, 2.45) is 5.92 Å².